The van der Waals surface area contributed by atoms with Crippen LogP contribution in [0.5, 0.6) is 0 Å². The lowest BCUT2D eigenvalue weighted by Gasteiger charge is -2.68. The van der Waals surface area contributed by atoms with E-state index in [1.54, 1.807) is 12.5 Å². The van der Waals surface area contributed by atoms with Gasteiger partial charge in [-0.2, -0.15) is 0 Å². The molecule has 0 bridgehead atoms. The van der Waals surface area contributed by atoms with Crippen molar-refractivity contribution < 1.29 is 33.0 Å². The lowest BCUT2D eigenvalue weighted by molar-refractivity contribution is -0.246. The van der Waals surface area contributed by atoms with Crippen LogP contribution in [0.25, 0.3) is 0 Å². The third-order valence-electron chi connectivity index (χ3n) is 11.8. The van der Waals surface area contributed by atoms with Crippen LogP contribution in [0, 0.1) is 33.5 Å². The number of carbonyl (C=O) groups is 3. The molecule has 4 aliphatic carbocycles. The average molecular weight is 483 g/mol. The molecule has 6 aliphatic rings. The summed E-state index contributed by atoms with van der Waals surface area (Å²) < 4.78 is 24.2. The highest BCUT2D eigenvalue weighted by Crippen LogP contribution is 2.82. The minimum Gasteiger partial charge on any atom is -0.472 e. The molecule has 188 valence electrons. The van der Waals surface area contributed by atoms with Gasteiger partial charge in [0.25, 0.3) is 0 Å². The second-order valence-corrected chi connectivity index (χ2v) is 13.2. The largest absolute Gasteiger partial charge is 0.472 e. The SMILES string of the molecule is CC(=O)O[C@@H]1C[C@H]2C(C)(C)C(=O)[C@H]3O[C@H]3[C@]2(C)[C@H]2CC[C@@]3(C)[C@H](c4ccoc4)C(=O)[C@H]4O[C@]43[C@@]21C. The molecule has 7 nitrogen and oxygen atoms in total. The van der Waals surface area contributed by atoms with Gasteiger partial charge in [0.15, 0.2) is 11.6 Å². The standard InChI is InChI=1S/C28H34O7/c1-13(29)33-17-11-16-24(2,3)21(31)20-23(34-20)26(16,5)15-7-9-25(4)18(14-8-10-32-12-14)19(30)22-28(25,35-22)27(15,17)6/h8,10,12,15-18,20,22-23H,7,9,11H2,1-6H3/t15-,16+,17-,18-,20-,22-,23-,25+,26-,27+,28-/m1/s1. The van der Waals surface area contributed by atoms with Gasteiger partial charge in [-0.15, -0.1) is 0 Å². The lowest BCUT2D eigenvalue weighted by atomic mass is 9.35. The van der Waals surface area contributed by atoms with Crippen LogP contribution in [0.1, 0.15) is 72.3 Å². The van der Waals surface area contributed by atoms with Gasteiger partial charge in [-0.1, -0.05) is 34.6 Å². The second kappa shape index (κ2) is 6.10. The molecular formula is C28H34O7. The van der Waals surface area contributed by atoms with E-state index in [1.807, 2.05) is 19.9 Å². The average Bonchev–Trinajstić information content (AvgIpc) is 3.66. The highest BCUT2D eigenvalue weighted by atomic mass is 16.6. The van der Waals surface area contributed by atoms with Crippen LogP contribution in [0.4, 0.5) is 0 Å². The maximum atomic E-state index is 13.8. The number of ketones is 2. The highest BCUT2D eigenvalue weighted by Gasteiger charge is 2.91. The van der Waals surface area contributed by atoms with Crippen LogP contribution in [-0.4, -0.2) is 47.6 Å². The van der Waals surface area contributed by atoms with Crippen molar-refractivity contribution in [3.63, 3.8) is 0 Å². The van der Waals surface area contributed by atoms with Crippen LogP contribution in [0.15, 0.2) is 23.0 Å². The molecule has 0 radical (unpaired) electrons. The molecule has 6 fully saturated rings. The number of hydrogen-bond acceptors (Lipinski definition) is 7. The van der Waals surface area contributed by atoms with Crippen LogP contribution < -0.4 is 0 Å². The molecule has 0 amide bonds. The maximum absolute atomic E-state index is 13.8. The molecule has 2 aliphatic heterocycles. The quantitative estimate of drug-likeness (QED) is 0.466. The van der Waals surface area contributed by atoms with Crippen LogP contribution in [-0.2, 0) is 28.6 Å². The lowest BCUT2D eigenvalue weighted by Crippen LogP contribution is -2.72. The summed E-state index contributed by atoms with van der Waals surface area (Å²) in [7, 11) is 0. The summed E-state index contributed by atoms with van der Waals surface area (Å²) in [5.41, 5.74) is -1.74. The summed E-state index contributed by atoms with van der Waals surface area (Å²) in [5.74, 6) is -0.302. The Morgan fingerprint density at radius 1 is 1.11 bits per heavy atom. The number of epoxide rings is 2. The van der Waals surface area contributed by atoms with E-state index in [2.05, 4.69) is 20.8 Å². The van der Waals surface area contributed by atoms with Crippen molar-refractivity contribution in [1.82, 2.24) is 0 Å². The summed E-state index contributed by atoms with van der Waals surface area (Å²) in [4.78, 5) is 39.5. The third-order valence-corrected chi connectivity index (χ3v) is 11.8. The number of ether oxygens (including phenoxy) is 3. The zero-order valence-electron chi connectivity index (χ0n) is 21.3. The summed E-state index contributed by atoms with van der Waals surface area (Å²) in [6, 6.07) is 1.89. The molecule has 35 heavy (non-hydrogen) atoms. The molecule has 1 spiro atoms. The van der Waals surface area contributed by atoms with Crippen molar-refractivity contribution in [3.8, 4) is 0 Å². The van der Waals surface area contributed by atoms with E-state index in [-0.39, 0.29) is 52.9 Å². The van der Waals surface area contributed by atoms with E-state index in [9.17, 15) is 14.4 Å². The Morgan fingerprint density at radius 3 is 2.51 bits per heavy atom. The number of hydrogen-bond donors (Lipinski definition) is 0. The van der Waals surface area contributed by atoms with Crippen molar-refractivity contribution in [2.75, 3.05) is 0 Å². The summed E-state index contributed by atoms with van der Waals surface area (Å²) in [6.07, 6.45) is 4.07. The molecule has 1 aromatic rings. The predicted octanol–water partition coefficient (Wildman–Crippen LogP) is 3.84. The Bertz CT molecular complexity index is 1170. The smallest absolute Gasteiger partial charge is 0.302 e. The summed E-state index contributed by atoms with van der Waals surface area (Å²) >= 11 is 0. The molecule has 2 saturated heterocycles. The minimum absolute atomic E-state index is 0.00778. The molecule has 0 unspecified atom stereocenters. The van der Waals surface area contributed by atoms with E-state index < -0.39 is 34.1 Å². The van der Waals surface area contributed by atoms with E-state index in [1.165, 1.54) is 6.92 Å². The van der Waals surface area contributed by atoms with Gasteiger partial charge < -0.3 is 18.6 Å². The van der Waals surface area contributed by atoms with Crippen LogP contribution >= 0.6 is 0 Å². The minimum atomic E-state index is -0.730. The Morgan fingerprint density at radius 2 is 1.86 bits per heavy atom. The molecule has 7 rings (SSSR count). The number of furan rings is 1. The number of fused-ring (bicyclic) bond motifs is 5. The first-order valence-electron chi connectivity index (χ1n) is 13.0. The summed E-state index contributed by atoms with van der Waals surface area (Å²) in [6.45, 7) is 12.2. The molecule has 7 heteroatoms. The van der Waals surface area contributed by atoms with Gasteiger partial charge >= 0.3 is 5.97 Å². The highest BCUT2D eigenvalue weighted by molar-refractivity contribution is 5.98. The number of Topliss-reactive ketones (excluding diaryl/α,β-unsaturated/α-hetero) is 2. The summed E-state index contributed by atoms with van der Waals surface area (Å²) in [5, 5.41) is 0. The normalized spacial score (nSPS) is 54.6. The van der Waals surface area contributed by atoms with Crippen molar-refractivity contribution in [3.05, 3.63) is 24.2 Å². The fraction of sp³-hybridized carbons (Fsp3) is 0.750. The van der Waals surface area contributed by atoms with Crippen molar-refractivity contribution in [2.24, 2.45) is 33.5 Å². The Hall–Kier alpha value is -1.99. The van der Waals surface area contributed by atoms with Crippen molar-refractivity contribution in [1.29, 1.82) is 0 Å². The maximum Gasteiger partial charge on any atom is 0.302 e. The van der Waals surface area contributed by atoms with Gasteiger partial charge in [0.05, 0.1) is 24.5 Å². The molecular weight excluding hydrogens is 448 g/mol. The fourth-order valence-electron chi connectivity index (χ4n) is 10.4. The van der Waals surface area contributed by atoms with E-state index in [0.29, 0.717) is 6.42 Å². The number of carbonyl (C=O) groups excluding carboxylic acids is 3. The van der Waals surface area contributed by atoms with Gasteiger partial charge in [-0.25, -0.2) is 0 Å². The van der Waals surface area contributed by atoms with E-state index in [4.69, 9.17) is 18.6 Å². The Labute approximate surface area is 205 Å². The third kappa shape index (κ3) is 2.14. The zero-order chi connectivity index (χ0) is 24.9. The zero-order valence-corrected chi connectivity index (χ0v) is 21.3. The van der Waals surface area contributed by atoms with Crippen molar-refractivity contribution >= 4 is 17.5 Å². The van der Waals surface area contributed by atoms with E-state index in [0.717, 1.165) is 18.4 Å². The topological polar surface area (TPSA) is 98.6 Å². The first-order valence-corrected chi connectivity index (χ1v) is 13.0. The van der Waals surface area contributed by atoms with Gasteiger partial charge in [0.2, 0.25) is 0 Å². The van der Waals surface area contributed by atoms with Crippen LogP contribution in [0.2, 0.25) is 0 Å². The second-order valence-electron chi connectivity index (χ2n) is 13.2. The first kappa shape index (κ1) is 22.2. The molecule has 3 heterocycles. The molecule has 4 saturated carbocycles. The van der Waals surface area contributed by atoms with Gasteiger partial charge in [-0.05, 0) is 37.2 Å². The fourth-order valence-corrected chi connectivity index (χ4v) is 10.4. The monoisotopic (exact) mass is 482 g/mol. The Kier molecular flexibility index (Phi) is 3.88. The Balaban J connectivity index is 1.41. The van der Waals surface area contributed by atoms with Gasteiger partial charge in [-0.3, -0.25) is 14.4 Å². The predicted molar refractivity (Wildman–Crippen MR) is 122 cm³/mol. The molecule has 0 aromatic carbocycles. The number of rotatable bonds is 2. The van der Waals surface area contributed by atoms with Gasteiger partial charge in [0, 0.05) is 34.1 Å². The first-order chi connectivity index (χ1) is 16.4. The van der Waals surface area contributed by atoms with Crippen molar-refractivity contribution in [2.45, 2.75) is 96.7 Å². The molecule has 0 N–H and O–H groups in total. The molecule has 1 aromatic heterocycles. The molecule has 11 atom stereocenters. The van der Waals surface area contributed by atoms with Gasteiger partial charge in [0.1, 0.15) is 23.9 Å². The van der Waals surface area contributed by atoms with Crippen LogP contribution in [0.3, 0.4) is 0 Å². The van der Waals surface area contributed by atoms with E-state index >= 15 is 0 Å². The number of esters is 1.